The van der Waals surface area contributed by atoms with Crippen molar-refractivity contribution >= 4 is 18.1 Å². The molecule has 0 saturated carbocycles. The van der Waals surface area contributed by atoms with Crippen molar-refractivity contribution in [3.05, 3.63) is 6.42 Å². The van der Waals surface area contributed by atoms with Crippen LogP contribution in [0.25, 0.3) is 0 Å². The van der Waals surface area contributed by atoms with Crippen LogP contribution in [0.15, 0.2) is 0 Å². The molecule has 0 heterocycles. The number of aldehydes is 1. The molecule has 0 fully saturated rings. The summed E-state index contributed by atoms with van der Waals surface area (Å²) in [5.41, 5.74) is 5.01. The van der Waals surface area contributed by atoms with Gasteiger partial charge in [0.15, 0.2) is 0 Å². The Morgan fingerprint density at radius 1 is 1.31 bits per heavy atom. The van der Waals surface area contributed by atoms with Gasteiger partial charge < -0.3 is 15.8 Å². The van der Waals surface area contributed by atoms with Gasteiger partial charge in [-0.05, 0) is 12.3 Å². The molecule has 0 bridgehead atoms. The highest BCUT2D eigenvalue weighted by Gasteiger charge is 2.18. The molecular weight excluding hydrogens is 208 g/mol. The normalized spacial score (nSPS) is 14.2. The number of hydrogen-bond acceptors (Lipinski definition) is 3. The van der Waals surface area contributed by atoms with Crippen LogP contribution < -0.4 is 11.1 Å². The minimum absolute atomic E-state index is 0.309. The Hall–Kier alpha value is -1.39. The minimum atomic E-state index is -0.633. The number of hydrogen-bond donors (Lipinski definition) is 2. The van der Waals surface area contributed by atoms with E-state index in [0.29, 0.717) is 18.6 Å². The highest BCUT2D eigenvalue weighted by atomic mass is 16.2. The number of primary amides is 1. The summed E-state index contributed by atoms with van der Waals surface area (Å²) in [6.45, 7) is 5.44. The summed E-state index contributed by atoms with van der Waals surface area (Å²) < 4.78 is 0. The molecule has 0 aliphatic rings. The van der Waals surface area contributed by atoms with E-state index in [-0.39, 0.29) is 0 Å². The summed E-state index contributed by atoms with van der Waals surface area (Å²) in [6, 6.07) is -0.510. The Morgan fingerprint density at radius 2 is 1.88 bits per heavy atom. The van der Waals surface area contributed by atoms with Crippen molar-refractivity contribution in [3.63, 3.8) is 0 Å². The first-order valence-corrected chi connectivity index (χ1v) is 5.26. The van der Waals surface area contributed by atoms with Crippen LogP contribution in [0.1, 0.15) is 27.2 Å². The van der Waals surface area contributed by atoms with Gasteiger partial charge in [-0.15, -0.1) is 0 Å². The van der Waals surface area contributed by atoms with Gasteiger partial charge in [0.1, 0.15) is 6.29 Å². The summed E-state index contributed by atoms with van der Waals surface area (Å²) >= 11 is 0. The Labute approximate surface area is 95.8 Å². The summed E-state index contributed by atoms with van der Waals surface area (Å²) in [7, 11) is 0. The molecule has 0 aliphatic heterocycles. The van der Waals surface area contributed by atoms with Gasteiger partial charge in [-0.2, -0.15) is 0 Å². The van der Waals surface area contributed by atoms with Crippen LogP contribution >= 0.6 is 0 Å². The van der Waals surface area contributed by atoms with Gasteiger partial charge in [-0.1, -0.05) is 20.8 Å². The second kappa shape index (κ2) is 6.98. The fourth-order valence-electron chi connectivity index (χ4n) is 1.20. The first kappa shape index (κ1) is 14.6. The lowest BCUT2D eigenvalue weighted by molar-refractivity contribution is -0.125. The van der Waals surface area contributed by atoms with E-state index in [1.165, 1.54) is 13.3 Å². The third-order valence-corrected chi connectivity index (χ3v) is 2.07. The second-order valence-electron chi connectivity index (χ2n) is 4.24. The standard InChI is InChI=1S/C11H19N2O3/c1-7(2)4-9(6-14)13-10(15)5-8(3)11(12)16/h5-9H,4H2,1-3H3,(H2,12,16)(H,13,15)/t8-,9-/m0/s1. The van der Waals surface area contributed by atoms with E-state index in [2.05, 4.69) is 5.32 Å². The summed E-state index contributed by atoms with van der Waals surface area (Å²) in [5, 5.41) is 2.51. The van der Waals surface area contributed by atoms with Crippen LogP contribution in [-0.2, 0) is 14.4 Å². The average molecular weight is 227 g/mol. The molecular formula is C11H19N2O3. The monoisotopic (exact) mass is 227 g/mol. The van der Waals surface area contributed by atoms with Crippen LogP contribution in [0.5, 0.6) is 0 Å². The first-order chi connectivity index (χ1) is 7.36. The van der Waals surface area contributed by atoms with Crippen LogP contribution in [0.4, 0.5) is 0 Å². The minimum Gasteiger partial charge on any atom is -0.369 e. The van der Waals surface area contributed by atoms with Gasteiger partial charge in [0.2, 0.25) is 11.8 Å². The molecule has 0 aromatic carbocycles. The maximum Gasteiger partial charge on any atom is 0.225 e. The Morgan fingerprint density at radius 3 is 2.25 bits per heavy atom. The average Bonchev–Trinajstić information content (AvgIpc) is 2.15. The summed E-state index contributed by atoms with van der Waals surface area (Å²) in [4.78, 5) is 32.8. The maximum absolute atomic E-state index is 11.4. The molecule has 3 N–H and O–H groups in total. The molecule has 1 radical (unpaired) electrons. The molecule has 2 atom stereocenters. The lowest BCUT2D eigenvalue weighted by Gasteiger charge is -2.15. The largest absolute Gasteiger partial charge is 0.369 e. The number of amides is 2. The Bertz CT molecular complexity index is 264. The molecule has 0 aromatic rings. The third-order valence-electron chi connectivity index (χ3n) is 2.07. The van der Waals surface area contributed by atoms with E-state index in [1.54, 1.807) is 0 Å². The van der Waals surface area contributed by atoms with Crippen LogP contribution in [0.3, 0.4) is 0 Å². The SMILES string of the molecule is CC(C)C[C@@H](C=O)NC(=O)[CH][C@H](C)C(N)=O. The molecule has 0 aromatic heterocycles. The first-order valence-electron chi connectivity index (χ1n) is 5.26. The molecule has 2 amide bonds. The highest BCUT2D eigenvalue weighted by Crippen LogP contribution is 2.04. The number of carbonyl (C=O) groups is 3. The number of carbonyl (C=O) groups excluding carboxylic acids is 3. The van der Waals surface area contributed by atoms with E-state index in [9.17, 15) is 14.4 Å². The second-order valence-corrected chi connectivity index (χ2v) is 4.24. The van der Waals surface area contributed by atoms with E-state index in [0.717, 1.165) is 0 Å². The van der Waals surface area contributed by atoms with Gasteiger partial charge in [0, 0.05) is 5.92 Å². The fourth-order valence-corrected chi connectivity index (χ4v) is 1.20. The van der Waals surface area contributed by atoms with Crippen molar-refractivity contribution in [3.8, 4) is 0 Å². The lowest BCUT2D eigenvalue weighted by Crippen LogP contribution is -2.39. The van der Waals surface area contributed by atoms with Crippen molar-refractivity contribution in [1.29, 1.82) is 0 Å². The number of nitrogens with one attached hydrogen (secondary N) is 1. The quantitative estimate of drug-likeness (QED) is 0.602. The van der Waals surface area contributed by atoms with Crippen molar-refractivity contribution in [2.24, 2.45) is 17.6 Å². The molecule has 5 heteroatoms. The van der Waals surface area contributed by atoms with Crippen LogP contribution in [0, 0.1) is 18.3 Å². The molecule has 16 heavy (non-hydrogen) atoms. The lowest BCUT2D eigenvalue weighted by atomic mass is 10.0. The van der Waals surface area contributed by atoms with Crippen molar-refractivity contribution in [2.75, 3.05) is 0 Å². The zero-order chi connectivity index (χ0) is 12.7. The molecule has 0 saturated heterocycles. The maximum atomic E-state index is 11.4. The van der Waals surface area contributed by atoms with Gasteiger partial charge >= 0.3 is 0 Å². The zero-order valence-corrected chi connectivity index (χ0v) is 9.90. The smallest absolute Gasteiger partial charge is 0.225 e. The zero-order valence-electron chi connectivity index (χ0n) is 9.90. The van der Waals surface area contributed by atoms with Gasteiger partial charge in [0.25, 0.3) is 0 Å². The molecule has 0 aliphatic carbocycles. The van der Waals surface area contributed by atoms with Gasteiger partial charge in [-0.25, -0.2) is 0 Å². The number of rotatable bonds is 7. The van der Waals surface area contributed by atoms with Crippen LogP contribution in [-0.4, -0.2) is 24.1 Å². The number of nitrogens with two attached hydrogens (primary N) is 1. The fraction of sp³-hybridized carbons (Fsp3) is 0.636. The summed E-state index contributed by atoms with van der Waals surface area (Å²) in [6.07, 6.45) is 2.45. The molecule has 0 rings (SSSR count). The van der Waals surface area contributed by atoms with E-state index in [4.69, 9.17) is 5.73 Å². The topological polar surface area (TPSA) is 89.3 Å². The van der Waals surface area contributed by atoms with Crippen molar-refractivity contribution in [2.45, 2.75) is 33.2 Å². The Kier molecular flexibility index (Phi) is 6.37. The van der Waals surface area contributed by atoms with Crippen LogP contribution in [0.2, 0.25) is 0 Å². The van der Waals surface area contributed by atoms with E-state index >= 15 is 0 Å². The van der Waals surface area contributed by atoms with Gasteiger partial charge in [0.05, 0.1) is 12.5 Å². The summed E-state index contributed by atoms with van der Waals surface area (Å²) in [5.74, 6) is -1.33. The Balaban J connectivity index is 4.10. The van der Waals surface area contributed by atoms with E-state index in [1.807, 2.05) is 13.8 Å². The molecule has 0 unspecified atom stereocenters. The van der Waals surface area contributed by atoms with E-state index < -0.39 is 23.8 Å². The predicted molar refractivity (Wildman–Crippen MR) is 60.1 cm³/mol. The van der Waals surface area contributed by atoms with Crippen molar-refractivity contribution in [1.82, 2.24) is 5.32 Å². The molecule has 91 valence electrons. The predicted octanol–water partition coefficient (Wildman–Crippen LogP) is 0.0419. The van der Waals surface area contributed by atoms with Gasteiger partial charge in [-0.3, -0.25) is 9.59 Å². The molecule has 0 spiro atoms. The highest BCUT2D eigenvalue weighted by molar-refractivity contribution is 5.92. The third kappa shape index (κ3) is 6.16. The molecule has 5 nitrogen and oxygen atoms in total. The van der Waals surface area contributed by atoms with Crippen molar-refractivity contribution < 1.29 is 14.4 Å².